The van der Waals surface area contributed by atoms with Crippen molar-refractivity contribution in [3.63, 3.8) is 0 Å². The van der Waals surface area contributed by atoms with Crippen molar-refractivity contribution in [2.75, 3.05) is 0 Å². The summed E-state index contributed by atoms with van der Waals surface area (Å²) in [6.07, 6.45) is 2.64. The van der Waals surface area contributed by atoms with E-state index in [2.05, 4.69) is 22.8 Å². The molecule has 4 N–H and O–H groups in total. The summed E-state index contributed by atoms with van der Waals surface area (Å²) in [7, 11) is 0. The largest absolute Gasteiger partial charge is 0.328 e. The molecule has 6 heteroatoms. The van der Waals surface area contributed by atoms with E-state index < -0.39 is 23.3 Å². The van der Waals surface area contributed by atoms with Gasteiger partial charge in [0, 0.05) is 6.04 Å². The number of carbonyl (C=O) groups excluding carboxylic acids is 3. The fourth-order valence-corrected chi connectivity index (χ4v) is 2.83. The molecule has 6 nitrogen and oxygen atoms in total. The van der Waals surface area contributed by atoms with Crippen LogP contribution in [-0.4, -0.2) is 23.9 Å². The predicted octanol–water partition coefficient (Wildman–Crippen LogP) is 2.76. The van der Waals surface area contributed by atoms with Crippen LogP contribution in [0.4, 0.5) is 4.79 Å². The van der Waals surface area contributed by atoms with Crippen LogP contribution in [0.3, 0.4) is 0 Å². The van der Waals surface area contributed by atoms with E-state index in [1.54, 1.807) is 6.92 Å². The molecule has 144 valence electrons. The Morgan fingerprint density at radius 2 is 1.54 bits per heavy atom. The highest BCUT2D eigenvalue weighted by molar-refractivity contribution is 6.19. The van der Waals surface area contributed by atoms with Crippen molar-refractivity contribution >= 4 is 17.8 Å². The quantitative estimate of drug-likeness (QED) is 0.678. The number of nitrogens with one attached hydrogen (secondary N) is 2. The van der Waals surface area contributed by atoms with Gasteiger partial charge < -0.3 is 5.73 Å². The number of barbiturate groups is 1. The summed E-state index contributed by atoms with van der Waals surface area (Å²) in [5, 5.41) is 4.33. The zero-order valence-corrected chi connectivity index (χ0v) is 16.2. The number of urea groups is 1. The lowest BCUT2D eigenvalue weighted by Gasteiger charge is -2.33. The minimum absolute atomic E-state index is 0.266. The fraction of sp³-hybridized carbons (Fsp3) is 0.550. The molecule has 1 aliphatic rings. The number of rotatable bonds is 6. The maximum absolute atomic E-state index is 11.8. The van der Waals surface area contributed by atoms with E-state index in [9.17, 15) is 14.4 Å². The summed E-state index contributed by atoms with van der Waals surface area (Å²) in [5.74, 6) is -0.518. The lowest BCUT2D eigenvalue weighted by Crippen LogP contribution is -2.62. The van der Waals surface area contributed by atoms with Gasteiger partial charge in [0.25, 0.3) is 0 Å². The van der Waals surface area contributed by atoms with Crippen LogP contribution < -0.4 is 16.4 Å². The first-order valence-electron chi connectivity index (χ1n) is 9.17. The van der Waals surface area contributed by atoms with Gasteiger partial charge in [-0.15, -0.1) is 0 Å². The van der Waals surface area contributed by atoms with Crippen LogP contribution in [0.15, 0.2) is 30.3 Å². The second-order valence-electron chi connectivity index (χ2n) is 7.27. The van der Waals surface area contributed by atoms with Crippen molar-refractivity contribution in [3.05, 3.63) is 35.9 Å². The number of hydrogen-bond donors (Lipinski definition) is 3. The third-order valence-electron chi connectivity index (χ3n) is 4.48. The van der Waals surface area contributed by atoms with Crippen LogP contribution in [0.2, 0.25) is 0 Å². The van der Waals surface area contributed by atoms with Crippen molar-refractivity contribution in [1.29, 1.82) is 0 Å². The van der Waals surface area contributed by atoms with Crippen LogP contribution in [0.5, 0.6) is 0 Å². The predicted molar refractivity (Wildman–Crippen MR) is 102 cm³/mol. The zero-order chi connectivity index (χ0) is 19.7. The molecule has 1 fully saturated rings. The SMILES string of the molecule is CC(N)Cc1ccccc1.CCC1(CCC(C)C)C(=O)NC(=O)NC1=O. The van der Waals surface area contributed by atoms with Gasteiger partial charge in [0.2, 0.25) is 11.8 Å². The van der Waals surface area contributed by atoms with Gasteiger partial charge in [-0.25, -0.2) is 4.79 Å². The first-order valence-corrected chi connectivity index (χ1v) is 9.17. The number of imide groups is 2. The molecule has 0 aromatic heterocycles. The van der Waals surface area contributed by atoms with Crippen LogP contribution in [-0.2, 0) is 16.0 Å². The Labute approximate surface area is 155 Å². The van der Waals surface area contributed by atoms with Crippen molar-refractivity contribution in [3.8, 4) is 0 Å². The van der Waals surface area contributed by atoms with Crippen molar-refractivity contribution < 1.29 is 14.4 Å². The molecule has 1 aromatic carbocycles. The molecule has 2 rings (SSSR count). The highest BCUT2D eigenvalue weighted by atomic mass is 16.2. The van der Waals surface area contributed by atoms with Gasteiger partial charge in [-0.05, 0) is 44.1 Å². The first-order chi connectivity index (χ1) is 12.2. The third-order valence-corrected chi connectivity index (χ3v) is 4.48. The van der Waals surface area contributed by atoms with E-state index in [-0.39, 0.29) is 6.04 Å². The van der Waals surface area contributed by atoms with Crippen LogP contribution >= 0.6 is 0 Å². The van der Waals surface area contributed by atoms with Gasteiger partial charge >= 0.3 is 6.03 Å². The molecule has 0 radical (unpaired) electrons. The Bertz CT molecular complexity index is 592. The maximum atomic E-state index is 11.8. The van der Waals surface area contributed by atoms with Crippen molar-refractivity contribution in [2.24, 2.45) is 17.1 Å². The van der Waals surface area contributed by atoms with Gasteiger partial charge in [-0.1, -0.05) is 51.1 Å². The molecule has 26 heavy (non-hydrogen) atoms. The minimum atomic E-state index is -1.07. The number of nitrogens with two attached hydrogens (primary N) is 1. The lowest BCUT2D eigenvalue weighted by atomic mass is 9.76. The van der Waals surface area contributed by atoms with E-state index in [0.29, 0.717) is 18.8 Å². The number of carbonyl (C=O) groups is 3. The normalized spacial score (nSPS) is 17.1. The second-order valence-corrected chi connectivity index (χ2v) is 7.27. The molecular weight excluding hydrogens is 330 g/mol. The van der Waals surface area contributed by atoms with E-state index in [1.807, 2.05) is 39.0 Å². The molecule has 4 amide bonds. The van der Waals surface area contributed by atoms with Crippen LogP contribution in [0, 0.1) is 11.3 Å². The van der Waals surface area contributed by atoms with Crippen molar-refractivity contribution in [2.45, 2.75) is 59.4 Å². The monoisotopic (exact) mass is 361 g/mol. The molecule has 1 saturated heterocycles. The molecule has 1 aromatic rings. The molecule has 0 spiro atoms. The summed E-state index contributed by atoms with van der Waals surface area (Å²) in [6.45, 7) is 7.88. The van der Waals surface area contributed by atoms with Gasteiger partial charge in [-0.3, -0.25) is 20.2 Å². The molecular formula is C20H31N3O3. The Hall–Kier alpha value is -2.21. The molecule has 1 unspecified atom stereocenters. The minimum Gasteiger partial charge on any atom is -0.328 e. The van der Waals surface area contributed by atoms with Crippen LogP contribution in [0.25, 0.3) is 0 Å². The molecule has 1 atom stereocenters. The average Bonchev–Trinajstić information content (AvgIpc) is 2.55. The zero-order valence-electron chi connectivity index (χ0n) is 16.2. The van der Waals surface area contributed by atoms with E-state index in [0.717, 1.165) is 12.8 Å². The Kier molecular flexibility index (Phi) is 8.45. The molecule has 0 saturated carbocycles. The number of amides is 4. The highest BCUT2D eigenvalue weighted by Gasteiger charge is 2.48. The van der Waals surface area contributed by atoms with Gasteiger partial charge in [0.15, 0.2) is 0 Å². The molecule has 1 heterocycles. The van der Waals surface area contributed by atoms with Gasteiger partial charge in [-0.2, -0.15) is 0 Å². The van der Waals surface area contributed by atoms with E-state index in [4.69, 9.17) is 5.73 Å². The fourth-order valence-electron chi connectivity index (χ4n) is 2.83. The summed E-state index contributed by atoms with van der Waals surface area (Å²) >= 11 is 0. The van der Waals surface area contributed by atoms with Gasteiger partial charge in [0.05, 0.1) is 0 Å². The smallest absolute Gasteiger partial charge is 0.328 e. The number of hydrogen-bond acceptors (Lipinski definition) is 4. The third kappa shape index (κ3) is 6.26. The molecule has 0 aliphatic carbocycles. The summed E-state index contributed by atoms with van der Waals surface area (Å²) in [5.41, 5.74) is 5.87. The summed E-state index contributed by atoms with van der Waals surface area (Å²) in [6, 6.07) is 9.85. The first kappa shape index (κ1) is 21.8. The highest BCUT2D eigenvalue weighted by Crippen LogP contribution is 2.32. The Balaban J connectivity index is 0.000000289. The topological polar surface area (TPSA) is 101 Å². The average molecular weight is 361 g/mol. The standard InChI is InChI=1S/C11H18N2O3.C9H13N/c1-4-11(6-5-7(2)3)8(14)12-10(16)13-9(11)15;1-8(10)7-9-5-3-2-4-6-9/h7H,4-6H2,1-3H3,(H2,12,13,14,15,16);2-6,8H,7,10H2,1H3. The maximum Gasteiger partial charge on any atom is 0.328 e. The molecule has 0 bridgehead atoms. The molecule has 1 aliphatic heterocycles. The lowest BCUT2D eigenvalue weighted by molar-refractivity contribution is -0.145. The van der Waals surface area contributed by atoms with Gasteiger partial charge in [0.1, 0.15) is 5.41 Å². The van der Waals surface area contributed by atoms with Crippen molar-refractivity contribution in [1.82, 2.24) is 10.6 Å². The second kappa shape index (κ2) is 10.1. The summed E-state index contributed by atoms with van der Waals surface area (Å²) in [4.78, 5) is 34.5. The Morgan fingerprint density at radius 3 is 1.96 bits per heavy atom. The Morgan fingerprint density at radius 1 is 1.00 bits per heavy atom. The number of benzene rings is 1. The van der Waals surface area contributed by atoms with Crippen LogP contribution in [0.1, 0.15) is 52.5 Å². The van der Waals surface area contributed by atoms with E-state index >= 15 is 0 Å². The van der Waals surface area contributed by atoms with E-state index in [1.165, 1.54) is 5.56 Å². The summed E-state index contributed by atoms with van der Waals surface area (Å²) < 4.78 is 0.